The van der Waals surface area contributed by atoms with Crippen LogP contribution in [0.15, 0.2) is 12.2 Å². The molecule has 0 N–H and O–H groups in total. The van der Waals surface area contributed by atoms with Gasteiger partial charge in [-0.2, -0.15) is 0 Å². The average molecular weight is 216 g/mol. The Balaban J connectivity index is 2.76. The third-order valence-corrected chi connectivity index (χ3v) is 1.22. The third kappa shape index (κ3) is 2.79. The van der Waals surface area contributed by atoms with E-state index in [1.807, 2.05) is 0 Å². The van der Waals surface area contributed by atoms with Gasteiger partial charge < -0.3 is 0 Å². The molecule has 0 amide bonds. The molecule has 1 saturated heterocycles. The lowest BCUT2D eigenvalue weighted by molar-refractivity contribution is -0.280. The molecule has 0 saturated carbocycles. The van der Waals surface area contributed by atoms with Gasteiger partial charge in [-0.15, -0.1) is 0 Å². The van der Waals surface area contributed by atoms with E-state index in [-0.39, 0.29) is 5.57 Å². The molecule has 80 valence electrons. The van der Waals surface area contributed by atoms with Crippen LogP contribution in [0.4, 0.5) is 0 Å². The maximum absolute atomic E-state index is 10.9. The first-order valence-corrected chi connectivity index (χ1v) is 3.53. The van der Waals surface area contributed by atoms with Gasteiger partial charge in [0.15, 0.2) is 0 Å². The molecule has 1 heterocycles. The van der Waals surface area contributed by atoms with Gasteiger partial charge in [0.05, 0.1) is 6.42 Å². The van der Waals surface area contributed by atoms with Crippen LogP contribution in [-0.2, 0) is 38.7 Å². The van der Waals surface area contributed by atoms with E-state index in [2.05, 4.69) is 26.1 Å². The van der Waals surface area contributed by atoms with Crippen LogP contribution < -0.4 is 0 Å². The quantitative estimate of drug-likeness (QED) is 0.287. The van der Waals surface area contributed by atoms with Crippen LogP contribution in [-0.4, -0.2) is 23.9 Å². The second-order valence-corrected chi connectivity index (χ2v) is 2.35. The van der Waals surface area contributed by atoms with Gasteiger partial charge in [-0.25, -0.2) is 38.7 Å². The zero-order valence-corrected chi connectivity index (χ0v) is 7.18. The minimum absolute atomic E-state index is 0.314. The third-order valence-electron chi connectivity index (χ3n) is 1.22. The molecule has 1 rings (SSSR count). The van der Waals surface area contributed by atoms with Crippen molar-refractivity contribution in [3.63, 3.8) is 0 Å². The molecule has 0 radical (unpaired) electrons. The van der Waals surface area contributed by atoms with E-state index < -0.39 is 30.3 Å². The second-order valence-electron chi connectivity index (χ2n) is 2.35. The smallest absolute Gasteiger partial charge is 0.247 e. The summed E-state index contributed by atoms with van der Waals surface area (Å²) in [6.45, 7) is 3.16. The lowest BCUT2D eigenvalue weighted by Gasteiger charge is -2.07. The number of carbonyl (C=O) groups is 4. The molecule has 1 aliphatic rings. The fraction of sp³-hybridized carbons (Fsp3) is 0.143. The zero-order chi connectivity index (χ0) is 11.4. The lowest BCUT2D eigenvalue weighted by Crippen LogP contribution is -2.26. The fourth-order valence-corrected chi connectivity index (χ4v) is 0.563. The highest BCUT2D eigenvalue weighted by atomic mass is 17.2. The van der Waals surface area contributed by atoms with E-state index in [1.165, 1.54) is 0 Å². The van der Waals surface area contributed by atoms with Gasteiger partial charge in [-0.3, -0.25) is 0 Å². The molecule has 8 heteroatoms. The number of hydrogen-bond donors (Lipinski definition) is 0. The van der Waals surface area contributed by atoms with Crippen molar-refractivity contribution in [2.24, 2.45) is 0 Å². The first kappa shape index (κ1) is 10.7. The first-order chi connectivity index (χ1) is 7.00. The Morgan fingerprint density at radius 2 is 1.27 bits per heavy atom. The van der Waals surface area contributed by atoms with E-state index >= 15 is 0 Å². The van der Waals surface area contributed by atoms with Crippen molar-refractivity contribution >= 4 is 23.9 Å². The predicted molar refractivity (Wildman–Crippen MR) is 38.1 cm³/mol. The molecule has 0 unspecified atom stereocenters. The van der Waals surface area contributed by atoms with Crippen molar-refractivity contribution in [2.75, 3.05) is 0 Å². The standard InChI is InChI=1S/C7H4O8/c1-3-2-4(8)12-14-6(10)7(11)15-13-5(3)9/h1-2H2. The summed E-state index contributed by atoms with van der Waals surface area (Å²) in [5, 5.41) is 0. The van der Waals surface area contributed by atoms with E-state index in [9.17, 15) is 19.2 Å². The van der Waals surface area contributed by atoms with E-state index in [1.54, 1.807) is 0 Å². The second kappa shape index (κ2) is 4.22. The minimum Gasteiger partial charge on any atom is -0.247 e. The van der Waals surface area contributed by atoms with Crippen LogP contribution in [0, 0.1) is 0 Å². The average Bonchev–Trinajstić information content (AvgIpc) is 2.20. The molecule has 0 atom stereocenters. The van der Waals surface area contributed by atoms with Crippen molar-refractivity contribution in [3.8, 4) is 0 Å². The summed E-state index contributed by atoms with van der Waals surface area (Å²) in [7, 11) is 0. The maximum atomic E-state index is 10.9. The number of carbonyl (C=O) groups excluding carboxylic acids is 4. The zero-order valence-electron chi connectivity index (χ0n) is 7.18. The lowest BCUT2D eigenvalue weighted by atomic mass is 10.2. The van der Waals surface area contributed by atoms with Crippen LogP contribution >= 0.6 is 0 Å². The van der Waals surface area contributed by atoms with Crippen molar-refractivity contribution in [1.82, 2.24) is 0 Å². The molecule has 0 aromatic rings. The Morgan fingerprint density at radius 1 is 0.800 bits per heavy atom. The fourth-order valence-electron chi connectivity index (χ4n) is 0.563. The largest absolute Gasteiger partial charge is 0.467 e. The highest BCUT2D eigenvalue weighted by molar-refractivity contribution is 6.29. The molecule has 0 spiro atoms. The van der Waals surface area contributed by atoms with Crippen molar-refractivity contribution in [2.45, 2.75) is 6.42 Å². The Hall–Kier alpha value is -2.38. The summed E-state index contributed by atoms with van der Waals surface area (Å²) >= 11 is 0. The highest BCUT2D eigenvalue weighted by Gasteiger charge is 2.27. The Kier molecular flexibility index (Phi) is 3.01. The van der Waals surface area contributed by atoms with E-state index in [4.69, 9.17) is 0 Å². The molecule has 0 aliphatic carbocycles. The molecule has 1 aliphatic heterocycles. The van der Waals surface area contributed by atoms with Gasteiger partial charge in [0.25, 0.3) is 0 Å². The van der Waals surface area contributed by atoms with Gasteiger partial charge in [0, 0.05) is 5.57 Å². The van der Waals surface area contributed by atoms with Crippen molar-refractivity contribution < 1.29 is 38.7 Å². The number of hydrogen-bond acceptors (Lipinski definition) is 8. The minimum atomic E-state index is -1.63. The molecule has 0 bridgehead atoms. The topological polar surface area (TPSA) is 105 Å². The first-order valence-electron chi connectivity index (χ1n) is 3.53. The van der Waals surface area contributed by atoms with Gasteiger partial charge in [-0.1, -0.05) is 6.58 Å². The summed E-state index contributed by atoms with van der Waals surface area (Å²) in [5.41, 5.74) is -0.314. The van der Waals surface area contributed by atoms with E-state index in [0.29, 0.717) is 0 Å². The summed E-state index contributed by atoms with van der Waals surface area (Å²) in [6, 6.07) is 0. The summed E-state index contributed by atoms with van der Waals surface area (Å²) in [5.74, 6) is -5.48. The van der Waals surface area contributed by atoms with Crippen LogP contribution in [0.3, 0.4) is 0 Å². The molecule has 1 fully saturated rings. The van der Waals surface area contributed by atoms with Crippen molar-refractivity contribution in [3.05, 3.63) is 12.2 Å². The van der Waals surface area contributed by atoms with Gasteiger partial charge in [0.1, 0.15) is 0 Å². The SMILES string of the molecule is C=C1CC(=O)OOC(=O)C(=O)OOC1=O. The van der Waals surface area contributed by atoms with Crippen LogP contribution in [0.5, 0.6) is 0 Å². The molecule has 0 aromatic heterocycles. The normalized spacial score (nSPS) is 18.5. The Bertz CT molecular complexity index is 354. The van der Waals surface area contributed by atoms with Gasteiger partial charge >= 0.3 is 23.9 Å². The summed E-state index contributed by atoms with van der Waals surface area (Å²) in [4.78, 5) is 58.0. The molecular weight excluding hydrogens is 212 g/mol. The van der Waals surface area contributed by atoms with Crippen LogP contribution in [0.25, 0.3) is 0 Å². The van der Waals surface area contributed by atoms with Crippen LogP contribution in [0.1, 0.15) is 6.42 Å². The van der Waals surface area contributed by atoms with Crippen LogP contribution in [0.2, 0.25) is 0 Å². The Morgan fingerprint density at radius 3 is 1.87 bits per heavy atom. The molecule has 8 nitrogen and oxygen atoms in total. The molecular formula is C7H4O8. The number of rotatable bonds is 0. The molecule has 0 aromatic carbocycles. The van der Waals surface area contributed by atoms with Crippen molar-refractivity contribution in [1.29, 1.82) is 0 Å². The van der Waals surface area contributed by atoms with E-state index in [0.717, 1.165) is 0 Å². The van der Waals surface area contributed by atoms with Gasteiger partial charge in [0.2, 0.25) is 0 Å². The molecule has 15 heavy (non-hydrogen) atoms. The maximum Gasteiger partial charge on any atom is 0.467 e. The predicted octanol–water partition coefficient (Wildman–Crippen LogP) is -1.05. The summed E-state index contributed by atoms with van der Waals surface area (Å²) in [6.07, 6.45) is -0.552. The monoisotopic (exact) mass is 216 g/mol. The summed E-state index contributed by atoms with van der Waals surface area (Å²) < 4.78 is 0. The Labute approximate surface area is 82.2 Å². The van der Waals surface area contributed by atoms with Gasteiger partial charge in [-0.05, 0) is 0 Å². The highest BCUT2D eigenvalue weighted by Crippen LogP contribution is 2.06.